The second kappa shape index (κ2) is 3.81. The number of rotatable bonds is 2. The minimum atomic E-state index is -0.439. The fourth-order valence-electron chi connectivity index (χ4n) is 1.33. The smallest absolute Gasteiger partial charge is 0.237 e. The summed E-state index contributed by atoms with van der Waals surface area (Å²) in [6, 6.07) is 3.22. The van der Waals surface area contributed by atoms with Crippen molar-refractivity contribution in [2.75, 3.05) is 25.1 Å². The number of nitrogens with two attached hydrogens (primary N) is 1. The Morgan fingerprint density at radius 1 is 1.64 bits per heavy atom. The summed E-state index contributed by atoms with van der Waals surface area (Å²) in [6.07, 6.45) is 0. The van der Waals surface area contributed by atoms with Crippen LogP contribution in [-0.4, -0.2) is 29.8 Å². The molecule has 0 saturated carbocycles. The van der Waals surface area contributed by atoms with Crippen molar-refractivity contribution in [3.8, 4) is 5.88 Å². The number of aliphatic hydroxyl groups is 1. The van der Waals surface area contributed by atoms with Crippen LogP contribution in [0.15, 0.2) is 12.1 Å². The molecule has 0 fully saturated rings. The summed E-state index contributed by atoms with van der Waals surface area (Å²) in [5.41, 5.74) is 7.17. The van der Waals surface area contributed by atoms with Crippen LogP contribution in [0.5, 0.6) is 5.88 Å². The lowest BCUT2D eigenvalue weighted by atomic mass is 10.2. The average Bonchev–Trinajstić information content (AvgIpc) is 2.27. The van der Waals surface area contributed by atoms with Gasteiger partial charge in [0.2, 0.25) is 5.88 Å². The third-order valence-corrected chi connectivity index (χ3v) is 2.11. The van der Waals surface area contributed by atoms with Crippen molar-refractivity contribution in [2.45, 2.75) is 6.04 Å². The summed E-state index contributed by atoms with van der Waals surface area (Å²) in [5.74, 6) is 0.567. The molecule has 0 radical (unpaired) electrons. The number of pyridine rings is 1. The van der Waals surface area contributed by atoms with Gasteiger partial charge in [-0.15, -0.1) is 0 Å². The van der Waals surface area contributed by atoms with E-state index in [9.17, 15) is 0 Å². The maximum absolute atomic E-state index is 8.87. The van der Waals surface area contributed by atoms with Crippen molar-refractivity contribution in [3.05, 3.63) is 17.8 Å². The van der Waals surface area contributed by atoms with Gasteiger partial charge in [-0.1, -0.05) is 0 Å². The van der Waals surface area contributed by atoms with E-state index in [-0.39, 0.29) is 6.61 Å². The average molecular weight is 195 g/mol. The first-order chi connectivity index (χ1) is 6.81. The van der Waals surface area contributed by atoms with Gasteiger partial charge in [-0.3, -0.25) is 0 Å². The van der Waals surface area contributed by atoms with Crippen LogP contribution in [0.3, 0.4) is 0 Å². The highest BCUT2D eigenvalue weighted by molar-refractivity contribution is 5.54. The predicted octanol–water partition coefficient (Wildman–Crippen LogP) is -0.122. The van der Waals surface area contributed by atoms with Crippen LogP contribution in [-0.2, 0) is 0 Å². The number of aromatic nitrogens is 1. The van der Waals surface area contributed by atoms with Crippen molar-refractivity contribution in [2.24, 2.45) is 5.73 Å². The van der Waals surface area contributed by atoms with E-state index in [4.69, 9.17) is 15.6 Å². The van der Waals surface area contributed by atoms with Gasteiger partial charge in [-0.05, 0) is 12.1 Å². The van der Waals surface area contributed by atoms with Crippen molar-refractivity contribution in [1.29, 1.82) is 0 Å². The molecule has 76 valence electrons. The highest BCUT2D eigenvalue weighted by Crippen LogP contribution is 2.25. The van der Waals surface area contributed by atoms with Gasteiger partial charge in [0.05, 0.1) is 24.0 Å². The summed E-state index contributed by atoms with van der Waals surface area (Å²) in [6.45, 7) is 1.29. The Morgan fingerprint density at radius 2 is 2.50 bits per heavy atom. The first-order valence-electron chi connectivity index (χ1n) is 4.55. The van der Waals surface area contributed by atoms with E-state index in [1.807, 2.05) is 6.07 Å². The molecule has 1 aliphatic heterocycles. The second-order valence-corrected chi connectivity index (χ2v) is 3.15. The van der Waals surface area contributed by atoms with Gasteiger partial charge in [-0.2, -0.15) is 0 Å². The lowest BCUT2D eigenvalue weighted by molar-refractivity contribution is 0.263. The van der Waals surface area contributed by atoms with E-state index in [1.54, 1.807) is 6.07 Å². The third-order valence-electron chi connectivity index (χ3n) is 2.11. The van der Waals surface area contributed by atoms with E-state index in [1.165, 1.54) is 0 Å². The van der Waals surface area contributed by atoms with Crippen molar-refractivity contribution >= 4 is 5.69 Å². The molecule has 0 bridgehead atoms. The Bertz CT molecular complexity index is 330. The predicted molar refractivity (Wildman–Crippen MR) is 52.2 cm³/mol. The standard InChI is InChI=1S/C9H13N3O2/c10-6(5-13)7-1-2-8-9(12-7)14-4-3-11-8/h1-2,6,11,13H,3-5,10H2/t6-/m1/s1. The Kier molecular flexibility index (Phi) is 2.51. The van der Waals surface area contributed by atoms with Crippen LogP contribution in [0, 0.1) is 0 Å². The van der Waals surface area contributed by atoms with Crippen LogP contribution in [0.2, 0.25) is 0 Å². The molecular weight excluding hydrogens is 182 g/mol. The maximum atomic E-state index is 8.87. The lowest BCUT2D eigenvalue weighted by Crippen LogP contribution is -2.21. The summed E-state index contributed by atoms with van der Waals surface area (Å²) in [5, 5.41) is 12.0. The molecule has 5 heteroatoms. The van der Waals surface area contributed by atoms with E-state index in [0.29, 0.717) is 18.2 Å². The van der Waals surface area contributed by atoms with E-state index in [2.05, 4.69) is 10.3 Å². The minimum absolute atomic E-state index is 0.112. The molecule has 5 nitrogen and oxygen atoms in total. The molecule has 2 rings (SSSR count). The fourth-order valence-corrected chi connectivity index (χ4v) is 1.33. The van der Waals surface area contributed by atoms with Crippen LogP contribution < -0.4 is 15.8 Å². The van der Waals surface area contributed by atoms with Gasteiger partial charge in [0, 0.05) is 6.54 Å². The Balaban J connectivity index is 2.29. The Labute approximate surface area is 81.9 Å². The van der Waals surface area contributed by atoms with Crippen molar-refractivity contribution < 1.29 is 9.84 Å². The summed E-state index contributed by atoms with van der Waals surface area (Å²) in [7, 11) is 0. The number of aliphatic hydroxyl groups excluding tert-OH is 1. The van der Waals surface area contributed by atoms with Gasteiger partial charge in [0.15, 0.2) is 0 Å². The molecular formula is C9H13N3O2. The van der Waals surface area contributed by atoms with Crippen LogP contribution in [0.25, 0.3) is 0 Å². The maximum Gasteiger partial charge on any atom is 0.237 e. The molecule has 4 N–H and O–H groups in total. The summed E-state index contributed by atoms with van der Waals surface area (Å²) < 4.78 is 5.35. The first kappa shape index (κ1) is 9.23. The molecule has 0 aliphatic carbocycles. The number of fused-ring (bicyclic) bond motifs is 1. The molecule has 0 saturated heterocycles. The number of nitrogens with one attached hydrogen (secondary N) is 1. The monoisotopic (exact) mass is 195 g/mol. The van der Waals surface area contributed by atoms with E-state index < -0.39 is 6.04 Å². The molecule has 1 aromatic heterocycles. The number of hydrogen-bond donors (Lipinski definition) is 3. The molecule has 1 aliphatic rings. The van der Waals surface area contributed by atoms with Crippen LogP contribution in [0.1, 0.15) is 11.7 Å². The lowest BCUT2D eigenvalue weighted by Gasteiger charge is -2.19. The number of ether oxygens (including phenoxy) is 1. The Hall–Kier alpha value is -1.33. The Morgan fingerprint density at radius 3 is 3.29 bits per heavy atom. The van der Waals surface area contributed by atoms with Gasteiger partial charge in [-0.25, -0.2) is 4.98 Å². The first-order valence-corrected chi connectivity index (χ1v) is 4.55. The fraction of sp³-hybridized carbons (Fsp3) is 0.444. The van der Waals surface area contributed by atoms with Gasteiger partial charge < -0.3 is 20.9 Å². The second-order valence-electron chi connectivity index (χ2n) is 3.15. The number of anilines is 1. The number of nitrogens with zero attached hydrogens (tertiary/aromatic N) is 1. The molecule has 2 heterocycles. The molecule has 0 spiro atoms. The van der Waals surface area contributed by atoms with Gasteiger partial charge >= 0.3 is 0 Å². The van der Waals surface area contributed by atoms with Crippen molar-refractivity contribution in [1.82, 2.24) is 4.98 Å². The summed E-state index contributed by atoms with van der Waals surface area (Å²) >= 11 is 0. The van der Waals surface area contributed by atoms with Crippen LogP contribution in [0.4, 0.5) is 5.69 Å². The number of hydrogen-bond acceptors (Lipinski definition) is 5. The zero-order chi connectivity index (χ0) is 9.97. The molecule has 0 aromatic carbocycles. The molecule has 1 aromatic rings. The SMILES string of the molecule is N[C@H](CO)c1ccc2c(n1)OCCN2. The largest absolute Gasteiger partial charge is 0.474 e. The van der Waals surface area contributed by atoms with E-state index in [0.717, 1.165) is 12.2 Å². The molecule has 0 amide bonds. The van der Waals surface area contributed by atoms with Crippen LogP contribution >= 0.6 is 0 Å². The highest BCUT2D eigenvalue weighted by Gasteiger charge is 2.14. The minimum Gasteiger partial charge on any atom is -0.474 e. The quantitative estimate of drug-likeness (QED) is 0.613. The highest BCUT2D eigenvalue weighted by atomic mass is 16.5. The van der Waals surface area contributed by atoms with Crippen molar-refractivity contribution in [3.63, 3.8) is 0 Å². The van der Waals surface area contributed by atoms with Gasteiger partial charge in [0.25, 0.3) is 0 Å². The zero-order valence-electron chi connectivity index (χ0n) is 7.73. The zero-order valence-corrected chi connectivity index (χ0v) is 7.73. The molecule has 1 atom stereocenters. The molecule has 0 unspecified atom stereocenters. The topological polar surface area (TPSA) is 80.4 Å². The summed E-state index contributed by atoms with van der Waals surface area (Å²) in [4.78, 5) is 4.21. The molecule has 14 heavy (non-hydrogen) atoms. The normalized spacial score (nSPS) is 16.4. The van der Waals surface area contributed by atoms with Gasteiger partial charge in [0.1, 0.15) is 6.61 Å². The third kappa shape index (κ3) is 1.64. The van der Waals surface area contributed by atoms with E-state index >= 15 is 0 Å².